The highest BCUT2D eigenvalue weighted by Gasteiger charge is 2.08. The van der Waals surface area contributed by atoms with Crippen molar-refractivity contribution in [2.24, 2.45) is 0 Å². The van der Waals surface area contributed by atoms with Crippen LogP contribution in [0, 0.1) is 0 Å². The number of aromatic nitrogens is 2. The van der Waals surface area contributed by atoms with E-state index in [1.807, 2.05) is 36.5 Å². The summed E-state index contributed by atoms with van der Waals surface area (Å²) in [6, 6.07) is 15.0. The molecule has 0 aliphatic rings. The van der Waals surface area contributed by atoms with Gasteiger partial charge in [0.1, 0.15) is 5.75 Å². The number of nitrogens with one attached hydrogen (secondary N) is 2. The topological polar surface area (TPSA) is 68.2 Å². The first-order valence-electron chi connectivity index (χ1n) is 7.79. The number of carbonyl (C=O) groups is 1. The van der Waals surface area contributed by atoms with E-state index >= 15 is 0 Å². The van der Waals surface area contributed by atoms with Crippen LogP contribution in [0.25, 0.3) is 5.69 Å². The number of rotatable bonds is 7. The molecule has 0 aliphatic heterocycles. The van der Waals surface area contributed by atoms with E-state index in [2.05, 4.69) is 20.5 Å². The van der Waals surface area contributed by atoms with Gasteiger partial charge in [0.2, 0.25) is 5.91 Å². The highest BCUT2D eigenvalue weighted by atomic mass is 19.3. The van der Waals surface area contributed by atoms with Crippen molar-refractivity contribution in [3.8, 4) is 11.4 Å². The largest absolute Gasteiger partial charge is 0.435 e. The monoisotopic (exact) mass is 358 g/mol. The molecule has 0 radical (unpaired) electrons. The Kier molecular flexibility index (Phi) is 5.43. The summed E-state index contributed by atoms with van der Waals surface area (Å²) in [4.78, 5) is 12.1. The molecule has 0 saturated heterocycles. The van der Waals surface area contributed by atoms with Gasteiger partial charge in [-0.1, -0.05) is 12.1 Å². The molecular formula is C18H16F2N4O2. The van der Waals surface area contributed by atoms with Gasteiger partial charge in [-0.2, -0.15) is 13.9 Å². The van der Waals surface area contributed by atoms with E-state index in [0.717, 1.165) is 11.4 Å². The molecule has 1 amide bonds. The maximum absolute atomic E-state index is 12.1. The molecule has 8 heteroatoms. The van der Waals surface area contributed by atoms with Gasteiger partial charge in [0, 0.05) is 18.1 Å². The van der Waals surface area contributed by atoms with E-state index in [0.29, 0.717) is 5.69 Å². The second-order valence-electron chi connectivity index (χ2n) is 5.27. The molecule has 3 aromatic rings. The molecule has 0 unspecified atom stereocenters. The normalized spacial score (nSPS) is 10.6. The van der Waals surface area contributed by atoms with Crippen molar-refractivity contribution in [1.29, 1.82) is 0 Å². The van der Waals surface area contributed by atoms with Crippen molar-refractivity contribution in [2.75, 3.05) is 17.2 Å². The van der Waals surface area contributed by atoms with E-state index in [4.69, 9.17) is 0 Å². The predicted molar refractivity (Wildman–Crippen MR) is 93.8 cm³/mol. The van der Waals surface area contributed by atoms with Crippen molar-refractivity contribution in [3.05, 3.63) is 67.0 Å². The number of carbonyl (C=O) groups excluding carboxylic acids is 1. The maximum atomic E-state index is 12.1. The van der Waals surface area contributed by atoms with Crippen LogP contribution in [-0.4, -0.2) is 28.8 Å². The van der Waals surface area contributed by atoms with Crippen LogP contribution in [0.15, 0.2) is 67.0 Å². The van der Waals surface area contributed by atoms with E-state index < -0.39 is 6.61 Å². The molecule has 1 heterocycles. The summed E-state index contributed by atoms with van der Waals surface area (Å²) >= 11 is 0. The molecule has 0 saturated carbocycles. The number of benzene rings is 2. The van der Waals surface area contributed by atoms with Gasteiger partial charge in [-0.25, -0.2) is 4.68 Å². The molecule has 0 atom stereocenters. The van der Waals surface area contributed by atoms with Crippen molar-refractivity contribution >= 4 is 17.3 Å². The third kappa shape index (κ3) is 4.56. The summed E-state index contributed by atoms with van der Waals surface area (Å²) in [5.41, 5.74) is 2.06. The Morgan fingerprint density at radius 3 is 2.58 bits per heavy atom. The van der Waals surface area contributed by atoms with Gasteiger partial charge in [0.15, 0.2) is 0 Å². The third-order valence-corrected chi connectivity index (χ3v) is 3.46. The van der Waals surface area contributed by atoms with Gasteiger partial charge in [-0.3, -0.25) is 4.79 Å². The molecule has 1 aromatic heterocycles. The van der Waals surface area contributed by atoms with Crippen LogP contribution in [0.5, 0.6) is 5.75 Å². The fraction of sp³-hybridized carbons (Fsp3) is 0.111. The number of hydrogen-bond donors (Lipinski definition) is 2. The van der Waals surface area contributed by atoms with Crippen LogP contribution in [0.4, 0.5) is 20.2 Å². The number of alkyl halides is 2. The minimum atomic E-state index is -2.88. The maximum Gasteiger partial charge on any atom is 0.387 e. The van der Waals surface area contributed by atoms with Crippen molar-refractivity contribution in [1.82, 2.24) is 9.78 Å². The Bertz CT molecular complexity index is 852. The highest BCUT2D eigenvalue weighted by molar-refractivity contribution is 5.94. The van der Waals surface area contributed by atoms with Gasteiger partial charge >= 0.3 is 6.61 Å². The lowest BCUT2D eigenvalue weighted by atomic mass is 10.2. The average Bonchev–Trinajstić information content (AvgIpc) is 3.16. The standard InChI is InChI=1S/C18H16F2N4O2/c19-18(20)26-14-8-6-13(7-9-14)23-17(25)12-21-15-4-1-2-5-16(15)24-11-3-10-22-24/h1-11,18,21H,12H2,(H,23,25). The summed E-state index contributed by atoms with van der Waals surface area (Å²) in [5, 5.41) is 9.92. The second-order valence-corrected chi connectivity index (χ2v) is 5.27. The summed E-state index contributed by atoms with van der Waals surface area (Å²) in [7, 11) is 0. The number of nitrogens with zero attached hydrogens (tertiary/aromatic N) is 2. The Labute approximate surface area is 148 Å². The molecule has 0 spiro atoms. The average molecular weight is 358 g/mol. The molecule has 0 fully saturated rings. The smallest absolute Gasteiger partial charge is 0.387 e. The minimum Gasteiger partial charge on any atom is -0.435 e. The van der Waals surface area contributed by atoms with E-state index in [9.17, 15) is 13.6 Å². The van der Waals surface area contributed by atoms with Crippen LogP contribution in [-0.2, 0) is 4.79 Å². The van der Waals surface area contributed by atoms with E-state index in [1.54, 1.807) is 10.9 Å². The fourth-order valence-electron chi connectivity index (χ4n) is 2.33. The van der Waals surface area contributed by atoms with Crippen LogP contribution in [0.3, 0.4) is 0 Å². The molecule has 6 nitrogen and oxygen atoms in total. The Morgan fingerprint density at radius 1 is 1.12 bits per heavy atom. The minimum absolute atomic E-state index is 0.0317. The first-order valence-corrected chi connectivity index (χ1v) is 7.79. The van der Waals surface area contributed by atoms with Gasteiger partial charge in [-0.05, 0) is 42.5 Å². The van der Waals surface area contributed by atoms with Crippen LogP contribution in [0.2, 0.25) is 0 Å². The Hall–Kier alpha value is -3.42. The van der Waals surface area contributed by atoms with Gasteiger partial charge in [-0.15, -0.1) is 0 Å². The first-order chi connectivity index (χ1) is 12.6. The lowest BCUT2D eigenvalue weighted by molar-refractivity contribution is -0.114. The second kappa shape index (κ2) is 8.11. The van der Waals surface area contributed by atoms with Crippen molar-refractivity contribution in [3.63, 3.8) is 0 Å². The van der Waals surface area contributed by atoms with Gasteiger partial charge in [0.25, 0.3) is 0 Å². The summed E-state index contributed by atoms with van der Waals surface area (Å²) in [6.07, 6.45) is 3.48. The van der Waals surface area contributed by atoms with Crippen molar-refractivity contribution in [2.45, 2.75) is 6.61 Å². The fourth-order valence-corrected chi connectivity index (χ4v) is 2.33. The van der Waals surface area contributed by atoms with Gasteiger partial charge < -0.3 is 15.4 Å². The van der Waals surface area contributed by atoms with Crippen LogP contribution >= 0.6 is 0 Å². The number of para-hydroxylation sites is 2. The Morgan fingerprint density at radius 2 is 1.88 bits per heavy atom. The third-order valence-electron chi connectivity index (χ3n) is 3.46. The van der Waals surface area contributed by atoms with Crippen LogP contribution < -0.4 is 15.4 Å². The molecular weight excluding hydrogens is 342 g/mol. The quantitative estimate of drug-likeness (QED) is 0.678. The Balaban J connectivity index is 1.58. The van der Waals surface area contributed by atoms with Crippen LogP contribution in [0.1, 0.15) is 0 Å². The molecule has 26 heavy (non-hydrogen) atoms. The zero-order chi connectivity index (χ0) is 18.4. The first kappa shape index (κ1) is 17.4. The number of hydrogen-bond acceptors (Lipinski definition) is 4. The summed E-state index contributed by atoms with van der Waals surface area (Å²) in [5.74, 6) is -0.243. The number of ether oxygens (including phenoxy) is 1. The van der Waals surface area contributed by atoms with Crippen molar-refractivity contribution < 1.29 is 18.3 Å². The zero-order valence-electron chi connectivity index (χ0n) is 13.6. The number of anilines is 2. The summed E-state index contributed by atoms with van der Waals surface area (Å²) in [6.45, 7) is -2.84. The molecule has 2 N–H and O–H groups in total. The number of halogens is 2. The van der Waals surface area contributed by atoms with Gasteiger partial charge in [0.05, 0.1) is 17.9 Å². The lowest BCUT2D eigenvalue weighted by Crippen LogP contribution is -2.22. The van der Waals surface area contributed by atoms with E-state index in [-0.39, 0.29) is 18.2 Å². The lowest BCUT2D eigenvalue weighted by Gasteiger charge is -2.12. The number of amides is 1. The molecule has 0 aliphatic carbocycles. The molecule has 3 rings (SSSR count). The summed E-state index contributed by atoms with van der Waals surface area (Å²) < 4.78 is 30.2. The highest BCUT2D eigenvalue weighted by Crippen LogP contribution is 2.19. The molecule has 2 aromatic carbocycles. The molecule has 0 bridgehead atoms. The molecule has 134 valence electrons. The van der Waals surface area contributed by atoms with E-state index in [1.165, 1.54) is 24.3 Å². The zero-order valence-corrected chi connectivity index (χ0v) is 13.6. The SMILES string of the molecule is O=C(CNc1ccccc1-n1cccn1)Nc1ccc(OC(F)F)cc1. The predicted octanol–water partition coefficient (Wildman–Crippen LogP) is 3.52.